The summed E-state index contributed by atoms with van der Waals surface area (Å²) < 4.78 is 11.4. The van der Waals surface area contributed by atoms with E-state index in [1.807, 2.05) is 0 Å². The lowest BCUT2D eigenvalue weighted by atomic mass is 9.89. The molecule has 1 aliphatic carbocycles. The molecule has 1 radical (unpaired) electrons. The molecule has 1 aliphatic rings. The van der Waals surface area contributed by atoms with Gasteiger partial charge in [-0.05, 0) is 25.0 Å². The molecule has 1 saturated carbocycles. The maximum atomic E-state index is 9.26. The third-order valence-corrected chi connectivity index (χ3v) is 3.49. The largest absolute Gasteiger partial charge is 0.487 e. The van der Waals surface area contributed by atoms with Crippen molar-refractivity contribution in [1.82, 2.24) is 0 Å². The molecule has 0 amide bonds. The Morgan fingerprint density at radius 2 is 1.91 bits per heavy atom. The van der Waals surface area contributed by atoms with E-state index in [2.05, 4.69) is 6.07 Å². The van der Waals surface area contributed by atoms with Gasteiger partial charge in [0.1, 0.15) is 17.6 Å². The van der Waals surface area contributed by atoms with Crippen molar-refractivity contribution in [2.24, 2.45) is 0 Å². The van der Waals surface area contributed by atoms with E-state index >= 15 is 0 Å². The number of hydrogen-bond acceptors (Lipinski definition) is 4. The van der Waals surface area contributed by atoms with E-state index in [4.69, 9.17) is 26.1 Å². The number of rotatable bonds is 5. The van der Waals surface area contributed by atoms with Gasteiger partial charge in [0.15, 0.2) is 5.75 Å². The molecule has 0 spiro atoms. The summed E-state index contributed by atoms with van der Waals surface area (Å²) in [7, 11) is 1.01. The maximum Gasteiger partial charge on any atom is 0.326 e. The van der Waals surface area contributed by atoms with Gasteiger partial charge in [-0.15, -0.1) is 0 Å². The zero-order chi connectivity index (χ0) is 15.5. The van der Waals surface area contributed by atoms with Gasteiger partial charge in [-0.3, -0.25) is 0 Å². The molecule has 3 rings (SSSR count). The molecular weight excluding hydrogens is 300 g/mol. The Hall–Kier alpha value is -2.16. The van der Waals surface area contributed by atoms with E-state index in [0.717, 1.165) is 20.3 Å². The van der Waals surface area contributed by atoms with Crippen molar-refractivity contribution in [3.63, 3.8) is 0 Å². The fourth-order valence-corrected chi connectivity index (χ4v) is 2.19. The van der Waals surface area contributed by atoms with Crippen LogP contribution in [-0.2, 0) is 0 Å². The van der Waals surface area contributed by atoms with Crippen LogP contribution in [0.2, 0.25) is 5.02 Å². The van der Waals surface area contributed by atoms with Crippen molar-refractivity contribution in [3.8, 4) is 23.3 Å². The van der Waals surface area contributed by atoms with Crippen LogP contribution in [0.3, 0.4) is 0 Å². The van der Waals surface area contributed by atoms with Gasteiger partial charge in [0.25, 0.3) is 0 Å². The normalized spacial score (nSPS) is 13.3. The molecule has 0 bridgehead atoms. The van der Waals surface area contributed by atoms with Gasteiger partial charge in [0.05, 0.1) is 16.7 Å². The Labute approximate surface area is 134 Å². The van der Waals surface area contributed by atoms with Crippen LogP contribution >= 0.6 is 11.6 Å². The van der Waals surface area contributed by atoms with Crippen molar-refractivity contribution in [3.05, 3.63) is 47.0 Å². The molecule has 109 valence electrons. The number of hydrogen-bond donors (Lipinski definition) is 1. The summed E-state index contributed by atoms with van der Waals surface area (Å²) in [6.07, 6.45) is 2.15. The van der Waals surface area contributed by atoms with Crippen molar-refractivity contribution >= 4 is 24.5 Å². The fraction of sp³-hybridized carbons (Fsp3) is 0.188. The van der Waals surface area contributed by atoms with E-state index < -0.39 is 0 Å². The summed E-state index contributed by atoms with van der Waals surface area (Å²) in [4.78, 5) is 0. The Morgan fingerprint density at radius 1 is 1.18 bits per heavy atom. The predicted molar refractivity (Wildman–Crippen MR) is 83.9 cm³/mol. The van der Waals surface area contributed by atoms with Crippen LogP contribution in [-0.4, -0.2) is 18.6 Å². The van der Waals surface area contributed by atoms with Crippen LogP contribution in [0.4, 0.5) is 0 Å². The molecule has 2 aromatic carbocycles. The molecule has 0 saturated heterocycles. The second-order valence-corrected chi connectivity index (χ2v) is 5.42. The van der Waals surface area contributed by atoms with Gasteiger partial charge in [-0.25, -0.2) is 0 Å². The molecule has 0 heterocycles. The number of nitrogens with zero attached hydrogens (tertiary/aromatic N) is 1. The lowest BCUT2D eigenvalue weighted by Crippen LogP contribution is -2.11. The Balaban J connectivity index is 1.84. The number of benzene rings is 2. The summed E-state index contributed by atoms with van der Waals surface area (Å²) in [5.74, 6) is 1.47. The predicted octanol–water partition coefficient (Wildman–Crippen LogP) is 2.78. The second-order valence-electron chi connectivity index (χ2n) is 5.01. The highest BCUT2D eigenvalue weighted by Crippen LogP contribution is 2.38. The number of nitriles is 1. The van der Waals surface area contributed by atoms with E-state index in [9.17, 15) is 5.26 Å². The Kier molecular flexibility index (Phi) is 4.23. The molecule has 0 aromatic heterocycles. The average molecular weight is 313 g/mol. The van der Waals surface area contributed by atoms with Crippen LogP contribution in [0.1, 0.15) is 18.4 Å². The maximum absolute atomic E-state index is 9.26. The third kappa shape index (κ3) is 3.36. The highest BCUT2D eigenvalue weighted by Gasteiger charge is 2.26. The van der Waals surface area contributed by atoms with Crippen LogP contribution in [0.15, 0.2) is 36.4 Å². The summed E-state index contributed by atoms with van der Waals surface area (Å²) in [6.45, 7) is 0. The van der Waals surface area contributed by atoms with Gasteiger partial charge in [0.2, 0.25) is 0 Å². The van der Waals surface area contributed by atoms with Crippen molar-refractivity contribution in [1.29, 1.82) is 5.26 Å². The molecule has 2 aromatic rings. The first-order valence-electron chi connectivity index (χ1n) is 6.85. The standard InChI is InChI=1S/C16H12BClNO3/c18-15-8-14(21-12-3-1-11(17-20)2-4-12)7-10(9-19)16(15)22-13-5-6-13/h1-4,7-8,13,20H,5-6H2. The van der Waals surface area contributed by atoms with E-state index in [1.165, 1.54) is 0 Å². The van der Waals surface area contributed by atoms with Crippen molar-refractivity contribution in [2.75, 3.05) is 0 Å². The van der Waals surface area contributed by atoms with Gasteiger partial charge >= 0.3 is 7.48 Å². The highest BCUT2D eigenvalue weighted by atomic mass is 35.5. The van der Waals surface area contributed by atoms with Crippen molar-refractivity contribution < 1.29 is 14.5 Å². The minimum absolute atomic E-state index is 0.165. The summed E-state index contributed by atoms with van der Waals surface area (Å²) in [6, 6.07) is 12.2. The van der Waals surface area contributed by atoms with Crippen LogP contribution < -0.4 is 14.9 Å². The number of halogens is 1. The molecule has 1 N–H and O–H groups in total. The van der Waals surface area contributed by atoms with Crippen LogP contribution in [0, 0.1) is 11.3 Å². The van der Waals surface area contributed by atoms with Gasteiger partial charge < -0.3 is 14.5 Å². The monoisotopic (exact) mass is 312 g/mol. The first-order valence-corrected chi connectivity index (χ1v) is 7.23. The average Bonchev–Trinajstić information content (AvgIpc) is 3.34. The Morgan fingerprint density at radius 3 is 2.50 bits per heavy atom. The fourth-order valence-electron chi connectivity index (χ4n) is 1.94. The highest BCUT2D eigenvalue weighted by molar-refractivity contribution is 6.45. The molecule has 0 aliphatic heterocycles. The van der Waals surface area contributed by atoms with Gasteiger partial charge in [-0.1, -0.05) is 29.2 Å². The zero-order valence-electron chi connectivity index (χ0n) is 11.6. The first kappa shape index (κ1) is 14.8. The molecule has 4 nitrogen and oxygen atoms in total. The molecule has 22 heavy (non-hydrogen) atoms. The summed E-state index contributed by atoms with van der Waals surface area (Å²) >= 11 is 6.20. The molecule has 0 atom stereocenters. The van der Waals surface area contributed by atoms with E-state index in [1.54, 1.807) is 36.4 Å². The first-order chi connectivity index (χ1) is 10.7. The summed E-state index contributed by atoms with van der Waals surface area (Å²) in [5, 5.41) is 18.5. The smallest absolute Gasteiger partial charge is 0.326 e. The molecular formula is C16H12BClNO3. The minimum atomic E-state index is 0.165. The third-order valence-electron chi connectivity index (χ3n) is 3.21. The molecule has 0 unspecified atom stereocenters. The van der Waals surface area contributed by atoms with Gasteiger partial charge in [0, 0.05) is 12.1 Å². The lowest BCUT2D eigenvalue weighted by Gasteiger charge is -2.12. The second kappa shape index (κ2) is 6.31. The van der Waals surface area contributed by atoms with Gasteiger partial charge in [-0.2, -0.15) is 5.26 Å². The molecule has 1 fully saturated rings. The van der Waals surface area contributed by atoms with Crippen LogP contribution in [0.5, 0.6) is 17.2 Å². The van der Waals surface area contributed by atoms with E-state index in [-0.39, 0.29) is 6.10 Å². The quantitative estimate of drug-likeness (QED) is 0.862. The SMILES string of the molecule is N#Cc1cc(Oc2ccc([B]O)cc2)cc(Cl)c1OC1CC1. The minimum Gasteiger partial charge on any atom is -0.487 e. The molecule has 6 heteroatoms. The lowest BCUT2D eigenvalue weighted by molar-refractivity contribution is 0.302. The number of ether oxygens (including phenoxy) is 2. The van der Waals surface area contributed by atoms with Crippen molar-refractivity contribution in [2.45, 2.75) is 18.9 Å². The van der Waals surface area contributed by atoms with Crippen LogP contribution in [0.25, 0.3) is 0 Å². The zero-order valence-corrected chi connectivity index (χ0v) is 12.4. The Bertz CT molecular complexity index is 723. The van der Waals surface area contributed by atoms with E-state index in [0.29, 0.717) is 33.3 Å². The summed E-state index contributed by atoms with van der Waals surface area (Å²) in [5.41, 5.74) is 1.03. The topological polar surface area (TPSA) is 62.5 Å².